The summed E-state index contributed by atoms with van der Waals surface area (Å²) < 4.78 is 0. The zero-order valence-corrected chi connectivity index (χ0v) is 14.5. The summed E-state index contributed by atoms with van der Waals surface area (Å²) >= 11 is 6.62. The van der Waals surface area contributed by atoms with Crippen LogP contribution < -0.4 is 0 Å². The molecule has 0 fully saturated rings. The highest BCUT2D eigenvalue weighted by atomic mass is 35.5. The first-order valence-corrected chi connectivity index (χ1v) is 8.31. The van der Waals surface area contributed by atoms with Crippen LogP contribution in [0.15, 0.2) is 24.3 Å². The van der Waals surface area contributed by atoms with Crippen LogP contribution in [0.5, 0.6) is 0 Å². The van der Waals surface area contributed by atoms with E-state index in [1.807, 2.05) is 0 Å². The smallest absolute Gasteiger partial charge is 0.0712 e. The third-order valence-electron chi connectivity index (χ3n) is 3.41. The lowest BCUT2D eigenvalue weighted by Crippen LogP contribution is -2.34. The molecule has 0 radical (unpaired) electrons. The fourth-order valence-electron chi connectivity index (χ4n) is 2.55. The fourth-order valence-corrected chi connectivity index (χ4v) is 2.89. The topological polar surface area (TPSA) is 3.24 Å². The summed E-state index contributed by atoms with van der Waals surface area (Å²) in [5.74, 6) is 1.36. The van der Waals surface area contributed by atoms with Crippen LogP contribution in [0.3, 0.4) is 0 Å². The molecule has 0 bridgehead atoms. The summed E-state index contributed by atoms with van der Waals surface area (Å²) in [7, 11) is 0. The van der Waals surface area contributed by atoms with Gasteiger partial charge in [-0.15, -0.1) is 11.6 Å². The van der Waals surface area contributed by atoms with E-state index in [4.69, 9.17) is 11.6 Å². The Hall–Kier alpha value is -0.530. The van der Waals surface area contributed by atoms with Crippen LogP contribution in [-0.4, -0.2) is 24.5 Å². The van der Waals surface area contributed by atoms with Crippen molar-refractivity contribution in [3.05, 3.63) is 35.4 Å². The third-order valence-corrected chi connectivity index (χ3v) is 3.80. The van der Waals surface area contributed by atoms with E-state index in [1.165, 1.54) is 11.1 Å². The molecule has 0 aliphatic rings. The lowest BCUT2D eigenvalue weighted by atomic mass is 10.1. The predicted octanol–water partition coefficient (Wildman–Crippen LogP) is 5.14. The molecule has 0 aliphatic heterocycles. The predicted molar refractivity (Wildman–Crippen MR) is 90.5 cm³/mol. The van der Waals surface area contributed by atoms with E-state index in [2.05, 4.69) is 63.8 Å². The van der Waals surface area contributed by atoms with Crippen molar-refractivity contribution in [2.45, 2.75) is 46.4 Å². The van der Waals surface area contributed by atoms with Gasteiger partial charge in [0.1, 0.15) is 0 Å². The molecular weight excluding hydrogens is 266 g/mol. The Kier molecular flexibility index (Phi) is 7.61. The molecule has 1 unspecified atom stereocenters. The van der Waals surface area contributed by atoms with Crippen molar-refractivity contribution in [3.63, 3.8) is 0 Å². The van der Waals surface area contributed by atoms with Crippen molar-refractivity contribution in [1.29, 1.82) is 0 Å². The second-order valence-corrected chi connectivity index (χ2v) is 7.10. The normalized spacial score (nSPS) is 13.4. The van der Waals surface area contributed by atoms with Gasteiger partial charge in [0, 0.05) is 19.6 Å². The molecule has 0 aromatic heterocycles. The first-order valence-electron chi connectivity index (χ1n) is 7.87. The van der Waals surface area contributed by atoms with Gasteiger partial charge in [-0.1, -0.05) is 58.9 Å². The van der Waals surface area contributed by atoms with Gasteiger partial charge in [0.2, 0.25) is 0 Å². The Balaban J connectivity index is 2.65. The molecule has 0 N–H and O–H groups in total. The molecule has 1 atom stereocenters. The van der Waals surface area contributed by atoms with Crippen LogP contribution in [0.2, 0.25) is 0 Å². The summed E-state index contributed by atoms with van der Waals surface area (Å²) in [5.41, 5.74) is 2.61. The average Bonchev–Trinajstić information content (AvgIpc) is 2.37. The van der Waals surface area contributed by atoms with Crippen LogP contribution in [-0.2, 0) is 6.42 Å². The van der Waals surface area contributed by atoms with E-state index in [9.17, 15) is 0 Å². The molecule has 1 rings (SSSR count). The molecule has 114 valence electrons. The maximum Gasteiger partial charge on any atom is 0.0712 e. The number of nitrogens with zero attached hydrogens (tertiary/aromatic N) is 1. The van der Waals surface area contributed by atoms with Gasteiger partial charge in [0.15, 0.2) is 0 Å². The minimum absolute atomic E-state index is 0.0819. The van der Waals surface area contributed by atoms with E-state index >= 15 is 0 Å². The van der Waals surface area contributed by atoms with Crippen LogP contribution in [0.25, 0.3) is 0 Å². The molecule has 0 amide bonds. The second kappa shape index (κ2) is 8.69. The molecule has 20 heavy (non-hydrogen) atoms. The number of hydrogen-bond donors (Lipinski definition) is 0. The first kappa shape index (κ1) is 17.5. The quantitative estimate of drug-likeness (QED) is 0.600. The monoisotopic (exact) mass is 295 g/mol. The zero-order valence-electron chi connectivity index (χ0n) is 13.7. The lowest BCUT2D eigenvalue weighted by molar-refractivity contribution is 0.219. The van der Waals surface area contributed by atoms with Crippen molar-refractivity contribution in [1.82, 2.24) is 4.90 Å². The van der Waals surface area contributed by atoms with E-state index in [-0.39, 0.29) is 5.38 Å². The first-order chi connectivity index (χ1) is 9.42. The van der Waals surface area contributed by atoms with Gasteiger partial charge >= 0.3 is 0 Å². The van der Waals surface area contributed by atoms with Gasteiger partial charge in [-0.05, 0) is 29.4 Å². The molecule has 0 spiro atoms. The molecule has 1 nitrogen and oxygen atoms in total. The summed E-state index contributed by atoms with van der Waals surface area (Å²) in [5, 5.41) is 0.0819. The van der Waals surface area contributed by atoms with Crippen LogP contribution in [0.4, 0.5) is 0 Å². The standard InChI is InChI=1S/C18H30ClN/c1-6-16-7-9-17(10-8-16)18(19)13-20(11-14(2)3)12-15(4)5/h7-10,14-15,18H,6,11-13H2,1-5H3. The number of benzene rings is 1. The zero-order chi connectivity index (χ0) is 15.1. The lowest BCUT2D eigenvalue weighted by Gasteiger charge is -2.28. The van der Waals surface area contributed by atoms with Gasteiger partial charge < -0.3 is 4.90 Å². The molecule has 0 saturated carbocycles. The highest BCUT2D eigenvalue weighted by Gasteiger charge is 2.15. The van der Waals surface area contributed by atoms with Gasteiger partial charge in [-0.25, -0.2) is 0 Å². The molecule has 0 aliphatic carbocycles. The minimum atomic E-state index is 0.0819. The molecule has 1 aromatic rings. The van der Waals surface area contributed by atoms with E-state index in [0.29, 0.717) is 11.8 Å². The van der Waals surface area contributed by atoms with E-state index < -0.39 is 0 Å². The van der Waals surface area contributed by atoms with Gasteiger partial charge in [0.25, 0.3) is 0 Å². The van der Waals surface area contributed by atoms with Gasteiger partial charge in [0.05, 0.1) is 5.38 Å². The van der Waals surface area contributed by atoms with Crippen molar-refractivity contribution >= 4 is 11.6 Å². The summed E-state index contributed by atoms with van der Waals surface area (Å²) in [6, 6.07) is 8.75. The van der Waals surface area contributed by atoms with Crippen LogP contribution in [0, 0.1) is 11.8 Å². The number of aryl methyl sites for hydroxylation is 1. The van der Waals surface area contributed by atoms with Crippen molar-refractivity contribution in [2.75, 3.05) is 19.6 Å². The Morgan fingerprint density at radius 3 is 1.80 bits per heavy atom. The molecular formula is C18H30ClN. The summed E-state index contributed by atoms with van der Waals surface area (Å²) in [4.78, 5) is 2.50. The number of hydrogen-bond acceptors (Lipinski definition) is 1. The Morgan fingerprint density at radius 2 is 1.40 bits per heavy atom. The Morgan fingerprint density at radius 1 is 0.900 bits per heavy atom. The molecule has 0 saturated heterocycles. The number of halogens is 1. The highest BCUT2D eigenvalue weighted by Crippen LogP contribution is 2.23. The maximum absolute atomic E-state index is 6.62. The van der Waals surface area contributed by atoms with Crippen molar-refractivity contribution in [3.8, 4) is 0 Å². The Labute approximate surface area is 130 Å². The number of rotatable bonds is 8. The summed E-state index contributed by atoms with van der Waals surface area (Å²) in [6.07, 6.45) is 1.08. The third kappa shape index (κ3) is 6.28. The summed E-state index contributed by atoms with van der Waals surface area (Å²) in [6.45, 7) is 14.4. The fraction of sp³-hybridized carbons (Fsp3) is 0.667. The Bertz CT molecular complexity index is 360. The second-order valence-electron chi connectivity index (χ2n) is 6.57. The highest BCUT2D eigenvalue weighted by molar-refractivity contribution is 6.21. The largest absolute Gasteiger partial charge is 0.301 e. The number of alkyl halides is 1. The van der Waals surface area contributed by atoms with Gasteiger partial charge in [-0.2, -0.15) is 0 Å². The molecule has 2 heteroatoms. The minimum Gasteiger partial charge on any atom is -0.301 e. The van der Waals surface area contributed by atoms with Crippen LogP contribution >= 0.6 is 11.6 Å². The SMILES string of the molecule is CCc1ccc(C(Cl)CN(CC(C)C)CC(C)C)cc1. The maximum atomic E-state index is 6.62. The molecule has 0 heterocycles. The van der Waals surface area contributed by atoms with Crippen LogP contribution in [0.1, 0.15) is 51.1 Å². The molecule has 1 aromatic carbocycles. The van der Waals surface area contributed by atoms with Crippen molar-refractivity contribution in [2.24, 2.45) is 11.8 Å². The van der Waals surface area contributed by atoms with Gasteiger partial charge in [-0.3, -0.25) is 0 Å². The van der Waals surface area contributed by atoms with E-state index in [0.717, 1.165) is 26.1 Å². The van der Waals surface area contributed by atoms with Crippen molar-refractivity contribution < 1.29 is 0 Å². The van der Waals surface area contributed by atoms with E-state index in [1.54, 1.807) is 0 Å². The average molecular weight is 296 g/mol.